The highest BCUT2D eigenvalue weighted by Crippen LogP contribution is 2.20. The smallest absolute Gasteiger partial charge is 0.328 e. The average Bonchev–Trinajstić information content (AvgIpc) is 2.23. The average molecular weight is 309 g/mol. The SMILES string of the molecule is COC(=O)[C@H](CC(C)C)NC(=O)[C@@H](N)CC(C)(C)C.Cl. The predicted octanol–water partition coefficient (Wildman–Crippen LogP) is 1.88. The minimum Gasteiger partial charge on any atom is -0.467 e. The zero-order valence-corrected chi connectivity index (χ0v) is 14.2. The van der Waals surface area contributed by atoms with Crippen molar-refractivity contribution in [2.75, 3.05) is 7.11 Å². The molecule has 0 aromatic heterocycles. The number of hydrogen-bond acceptors (Lipinski definition) is 4. The van der Waals surface area contributed by atoms with E-state index < -0.39 is 18.1 Å². The first kappa shape index (κ1) is 21.5. The maximum absolute atomic E-state index is 12.0. The summed E-state index contributed by atoms with van der Waals surface area (Å²) in [6.07, 6.45) is 1.11. The van der Waals surface area contributed by atoms with E-state index in [1.165, 1.54) is 7.11 Å². The highest BCUT2D eigenvalue weighted by Gasteiger charge is 2.27. The normalized spacial score (nSPS) is 14.2. The fourth-order valence-corrected chi connectivity index (χ4v) is 1.86. The van der Waals surface area contributed by atoms with Crippen LogP contribution in [0.5, 0.6) is 0 Å². The minimum absolute atomic E-state index is 0. The molecule has 6 heteroatoms. The van der Waals surface area contributed by atoms with Gasteiger partial charge in [-0.2, -0.15) is 0 Å². The Labute approximate surface area is 128 Å². The molecule has 0 aromatic rings. The molecular formula is C14H29ClN2O3. The van der Waals surface area contributed by atoms with Crippen LogP contribution in [0.3, 0.4) is 0 Å². The quantitative estimate of drug-likeness (QED) is 0.734. The third-order valence-corrected chi connectivity index (χ3v) is 2.68. The fraction of sp³-hybridized carbons (Fsp3) is 0.857. The lowest BCUT2D eigenvalue weighted by molar-refractivity contribution is -0.145. The molecule has 0 aromatic carbocycles. The Morgan fingerprint density at radius 1 is 1.25 bits per heavy atom. The van der Waals surface area contributed by atoms with E-state index in [1.807, 2.05) is 34.6 Å². The van der Waals surface area contributed by atoms with Crippen LogP contribution in [0, 0.1) is 11.3 Å². The van der Waals surface area contributed by atoms with Crippen LogP contribution in [0.4, 0.5) is 0 Å². The Hall–Kier alpha value is -0.810. The molecule has 120 valence electrons. The summed E-state index contributed by atoms with van der Waals surface area (Å²) in [7, 11) is 1.32. The van der Waals surface area contributed by atoms with Crippen molar-refractivity contribution in [3.05, 3.63) is 0 Å². The number of carbonyl (C=O) groups is 2. The van der Waals surface area contributed by atoms with E-state index in [-0.39, 0.29) is 29.6 Å². The van der Waals surface area contributed by atoms with Crippen molar-refractivity contribution in [2.24, 2.45) is 17.1 Å². The number of rotatable bonds is 6. The number of methoxy groups -OCH3 is 1. The molecule has 0 fully saturated rings. The summed E-state index contributed by atoms with van der Waals surface area (Å²) < 4.78 is 4.70. The van der Waals surface area contributed by atoms with Gasteiger partial charge in [0.15, 0.2) is 0 Å². The number of nitrogens with two attached hydrogens (primary N) is 1. The molecule has 2 atom stereocenters. The van der Waals surface area contributed by atoms with Crippen molar-refractivity contribution in [2.45, 2.75) is 59.5 Å². The minimum atomic E-state index is -0.622. The van der Waals surface area contributed by atoms with Crippen LogP contribution in [0.15, 0.2) is 0 Å². The predicted molar refractivity (Wildman–Crippen MR) is 82.7 cm³/mol. The second kappa shape index (κ2) is 9.19. The largest absolute Gasteiger partial charge is 0.467 e. The molecule has 0 aliphatic carbocycles. The van der Waals surface area contributed by atoms with Gasteiger partial charge in [0.1, 0.15) is 6.04 Å². The number of ether oxygens (including phenoxy) is 1. The number of esters is 1. The number of halogens is 1. The molecule has 0 radical (unpaired) electrons. The van der Waals surface area contributed by atoms with Gasteiger partial charge >= 0.3 is 5.97 Å². The van der Waals surface area contributed by atoms with E-state index in [1.54, 1.807) is 0 Å². The molecule has 1 amide bonds. The van der Waals surface area contributed by atoms with Crippen LogP contribution in [-0.2, 0) is 14.3 Å². The van der Waals surface area contributed by atoms with Gasteiger partial charge in [0.2, 0.25) is 5.91 Å². The van der Waals surface area contributed by atoms with Gasteiger partial charge < -0.3 is 15.8 Å². The Balaban J connectivity index is 0. The highest BCUT2D eigenvalue weighted by molar-refractivity contribution is 5.87. The Bertz CT molecular complexity index is 314. The molecule has 0 saturated heterocycles. The molecule has 3 N–H and O–H groups in total. The maximum Gasteiger partial charge on any atom is 0.328 e. The maximum atomic E-state index is 12.0. The van der Waals surface area contributed by atoms with Gasteiger partial charge in [0.05, 0.1) is 13.2 Å². The Morgan fingerprint density at radius 3 is 2.10 bits per heavy atom. The molecule has 0 spiro atoms. The first-order valence-electron chi connectivity index (χ1n) is 6.70. The molecule has 0 aliphatic heterocycles. The van der Waals surface area contributed by atoms with Gasteiger partial charge in [-0.1, -0.05) is 34.6 Å². The van der Waals surface area contributed by atoms with Gasteiger partial charge in [0, 0.05) is 0 Å². The summed E-state index contributed by atoms with van der Waals surface area (Å²) in [5, 5.41) is 2.68. The molecule has 0 saturated carbocycles. The standard InChI is InChI=1S/C14H28N2O3.ClH/c1-9(2)7-11(13(18)19-6)16-12(17)10(15)8-14(3,4)5;/h9-11H,7-8,15H2,1-6H3,(H,16,17);1H/t10-,11-;/m0./s1. The highest BCUT2D eigenvalue weighted by atomic mass is 35.5. The number of hydrogen-bond donors (Lipinski definition) is 2. The molecule has 0 unspecified atom stereocenters. The lowest BCUT2D eigenvalue weighted by Gasteiger charge is -2.25. The van der Waals surface area contributed by atoms with E-state index in [0.29, 0.717) is 12.8 Å². The van der Waals surface area contributed by atoms with E-state index in [2.05, 4.69) is 5.32 Å². The van der Waals surface area contributed by atoms with E-state index in [0.717, 1.165) is 0 Å². The number of nitrogens with one attached hydrogen (secondary N) is 1. The number of amides is 1. The summed E-state index contributed by atoms with van der Waals surface area (Å²) in [4.78, 5) is 23.6. The van der Waals surface area contributed by atoms with Crippen molar-refractivity contribution in [1.29, 1.82) is 0 Å². The summed E-state index contributed by atoms with van der Waals surface area (Å²) in [5.41, 5.74) is 5.83. The van der Waals surface area contributed by atoms with Crippen LogP contribution >= 0.6 is 12.4 Å². The topological polar surface area (TPSA) is 81.4 Å². The second-order valence-corrected chi connectivity index (χ2v) is 6.59. The lowest BCUT2D eigenvalue weighted by atomic mass is 9.88. The van der Waals surface area contributed by atoms with Crippen molar-refractivity contribution < 1.29 is 14.3 Å². The van der Waals surface area contributed by atoms with Crippen LogP contribution in [0.2, 0.25) is 0 Å². The molecule has 0 aliphatic rings. The number of carbonyl (C=O) groups excluding carboxylic acids is 2. The van der Waals surface area contributed by atoms with Gasteiger partial charge in [0.25, 0.3) is 0 Å². The van der Waals surface area contributed by atoms with Gasteiger partial charge in [-0.25, -0.2) is 4.79 Å². The van der Waals surface area contributed by atoms with E-state index >= 15 is 0 Å². The third-order valence-electron chi connectivity index (χ3n) is 2.68. The third kappa shape index (κ3) is 9.15. The zero-order chi connectivity index (χ0) is 15.2. The Kier molecular flexibility index (Phi) is 9.87. The van der Waals surface area contributed by atoms with Crippen molar-refractivity contribution in [3.8, 4) is 0 Å². The Morgan fingerprint density at radius 2 is 1.75 bits per heavy atom. The fourth-order valence-electron chi connectivity index (χ4n) is 1.86. The van der Waals surface area contributed by atoms with E-state index in [4.69, 9.17) is 10.5 Å². The van der Waals surface area contributed by atoms with Crippen LogP contribution < -0.4 is 11.1 Å². The summed E-state index contributed by atoms with van der Waals surface area (Å²) in [6.45, 7) is 10.0. The lowest BCUT2D eigenvalue weighted by Crippen LogP contribution is -2.50. The monoisotopic (exact) mass is 308 g/mol. The van der Waals surface area contributed by atoms with Crippen LogP contribution in [0.25, 0.3) is 0 Å². The second-order valence-electron chi connectivity index (χ2n) is 6.59. The van der Waals surface area contributed by atoms with Crippen molar-refractivity contribution >= 4 is 24.3 Å². The first-order valence-corrected chi connectivity index (χ1v) is 6.70. The molecule has 0 rings (SSSR count). The first-order chi connectivity index (χ1) is 8.56. The van der Waals surface area contributed by atoms with Gasteiger partial charge in [-0.15, -0.1) is 12.4 Å². The van der Waals surface area contributed by atoms with Gasteiger partial charge in [-0.3, -0.25) is 4.79 Å². The van der Waals surface area contributed by atoms with Crippen LogP contribution in [-0.4, -0.2) is 31.1 Å². The summed E-state index contributed by atoms with van der Waals surface area (Å²) in [6, 6.07) is -1.23. The molecular weight excluding hydrogens is 280 g/mol. The summed E-state index contributed by atoms with van der Waals surface area (Å²) in [5.74, 6) is -0.445. The van der Waals surface area contributed by atoms with Crippen molar-refractivity contribution in [1.82, 2.24) is 5.32 Å². The zero-order valence-electron chi connectivity index (χ0n) is 13.4. The van der Waals surface area contributed by atoms with Crippen molar-refractivity contribution in [3.63, 3.8) is 0 Å². The molecule has 20 heavy (non-hydrogen) atoms. The van der Waals surface area contributed by atoms with E-state index in [9.17, 15) is 9.59 Å². The van der Waals surface area contributed by atoms with Crippen LogP contribution in [0.1, 0.15) is 47.5 Å². The van der Waals surface area contributed by atoms with Gasteiger partial charge in [-0.05, 0) is 24.2 Å². The molecule has 0 bridgehead atoms. The molecule has 0 heterocycles. The molecule has 5 nitrogen and oxygen atoms in total. The summed E-state index contributed by atoms with van der Waals surface area (Å²) >= 11 is 0.